The van der Waals surface area contributed by atoms with Crippen LogP contribution in [0.3, 0.4) is 0 Å². The number of aryl methyl sites for hydroxylation is 2. The van der Waals surface area contributed by atoms with Crippen LogP contribution in [0.1, 0.15) is 11.1 Å². The second kappa shape index (κ2) is 7.15. The molecule has 1 N–H and O–H groups in total. The van der Waals surface area contributed by atoms with E-state index < -0.39 is 0 Å². The molecule has 2 aromatic heterocycles. The highest BCUT2D eigenvalue weighted by Crippen LogP contribution is 2.17. The molecule has 1 amide bonds. The van der Waals surface area contributed by atoms with Crippen LogP contribution in [-0.4, -0.2) is 20.3 Å². The van der Waals surface area contributed by atoms with E-state index in [9.17, 15) is 9.59 Å². The molecule has 4 rings (SSSR count). The van der Waals surface area contributed by atoms with E-state index in [4.69, 9.17) is 0 Å². The average molecular weight is 372 g/mol. The summed E-state index contributed by atoms with van der Waals surface area (Å²) in [6.45, 7) is 3.89. The van der Waals surface area contributed by atoms with Crippen molar-refractivity contribution >= 4 is 22.6 Å². The molecule has 0 atom stereocenters. The lowest BCUT2D eigenvalue weighted by atomic mass is 10.1. The highest BCUT2D eigenvalue weighted by molar-refractivity contribution is 5.92. The van der Waals surface area contributed by atoms with Crippen LogP contribution in [0.15, 0.2) is 71.7 Å². The minimum absolute atomic E-state index is 0.0297. The summed E-state index contributed by atoms with van der Waals surface area (Å²) in [7, 11) is 0. The number of aromatic nitrogens is 3. The van der Waals surface area contributed by atoms with Crippen molar-refractivity contribution in [1.29, 1.82) is 0 Å². The number of amides is 1. The summed E-state index contributed by atoms with van der Waals surface area (Å²) >= 11 is 0. The predicted octanol–water partition coefficient (Wildman–Crippen LogP) is 3.44. The molecule has 6 nitrogen and oxygen atoms in total. The topological polar surface area (TPSA) is 68.9 Å². The summed E-state index contributed by atoms with van der Waals surface area (Å²) in [5.74, 6) is -0.221. The molecule has 0 aliphatic rings. The van der Waals surface area contributed by atoms with Crippen LogP contribution in [0.2, 0.25) is 0 Å². The van der Waals surface area contributed by atoms with Crippen molar-refractivity contribution in [2.45, 2.75) is 20.4 Å². The molecule has 28 heavy (non-hydrogen) atoms. The standard InChI is InChI=1S/C22H20N4O2/c1-15-10-11-16(2)19(13-15)24-20(27)14-25-21-18(9-6-12-23-21)22(28)26(25)17-7-4-3-5-8-17/h3-13H,14H2,1-2H3,(H,24,27). The maximum Gasteiger partial charge on any atom is 0.280 e. The van der Waals surface area contributed by atoms with E-state index in [1.54, 1.807) is 23.0 Å². The van der Waals surface area contributed by atoms with Gasteiger partial charge in [0.25, 0.3) is 5.56 Å². The lowest BCUT2D eigenvalue weighted by Crippen LogP contribution is -2.27. The molecule has 0 aliphatic heterocycles. The van der Waals surface area contributed by atoms with Gasteiger partial charge in [-0.05, 0) is 55.3 Å². The van der Waals surface area contributed by atoms with Crippen molar-refractivity contribution < 1.29 is 4.79 Å². The first-order chi connectivity index (χ1) is 13.5. The zero-order valence-electron chi connectivity index (χ0n) is 15.7. The van der Waals surface area contributed by atoms with Crippen LogP contribution in [0.4, 0.5) is 5.69 Å². The van der Waals surface area contributed by atoms with Gasteiger partial charge < -0.3 is 5.32 Å². The molecule has 0 fully saturated rings. The second-order valence-corrected chi connectivity index (χ2v) is 6.75. The van der Waals surface area contributed by atoms with E-state index in [0.717, 1.165) is 16.8 Å². The van der Waals surface area contributed by atoms with Gasteiger partial charge in [-0.15, -0.1) is 0 Å². The number of hydrogen-bond donors (Lipinski definition) is 1. The molecule has 0 radical (unpaired) electrons. The fraction of sp³-hybridized carbons (Fsp3) is 0.136. The van der Waals surface area contributed by atoms with Crippen LogP contribution >= 0.6 is 0 Å². The third-order valence-electron chi connectivity index (χ3n) is 4.66. The number of para-hydroxylation sites is 1. The second-order valence-electron chi connectivity index (χ2n) is 6.75. The van der Waals surface area contributed by atoms with E-state index in [0.29, 0.717) is 16.7 Å². The Morgan fingerprint density at radius 3 is 2.61 bits per heavy atom. The maximum atomic E-state index is 13.0. The van der Waals surface area contributed by atoms with Gasteiger partial charge >= 0.3 is 0 Å². The Morgan fingerprint density at radius 1 is 1.04 bits per heavy atom. The van der Waals surface area contributed by atoms with E-state index in [2.05, 4.69) is 10.3 Å². The lowest BCUT2D eigenvalue weighted by Gasteiger charge is -2.13. The quantitative estimate of drug-likeness (QED) is 0.597. The Kier molecular flexibility index (Phi) is 4.53. The van der Waals surface area contributed by atoms with Crippen molar-refractivity contribution in [2.75, 3.05) is 5.32 Å². The first kappa shape index (κ1) is 17.7. The normalized spacial score (nSPS) is 10.9. The Morgan fingerprint density at radius 2 is 1.82 bits per heavy atom. The summed E-state index contributed by atoms with van der Waals surface area (Å²) in [5.41, 5.74) is 3.78. The Hall–Kier alpha value is -3.67. The van der Waals surface area contributed by atoms with Crippen LogP contribution in [0.5, 0.6) is 0 Å². The van der Waals surface area contributed by atoms with E-state index >= 15 is 0 Å². The monoisotopic (exact) mass is 372 g/mol. The zero-order chi connectivity index (χ0) is 19.7. The lowest BCUT2D eigenvalue weighted by molar-refractivity contribution is -0.116. The van der Waals surface area contributed by atoms with Crippen molar-refractivity contribution in [3.63, 3.8) is 0 Å². The van der Waals surface area contributed by atoms with Crippen LogP contribution in [-0.2, 0) is 11.3 Å². The highest BCUT2D eigenvalue weighted by Gasteiger charge is 2.18. The Balaban J connectivity index is 1.77. The number of nitrogens with one attached hydrogen (secondary N) is 1. The van der Waals surface area contributed by atoms with E-state index in [1.807, 2.05) is 62.4 Å². The Labute approximate surface area is 162 Å². The first-order valence-electron chi connectivity index (χ1n) is 9.03. The van der Waals surface area contributed by atoms with Crippen LogP contribution in [0.25, 0.3) is 16.7 Å². The number of hydrogen-bond acceptors (Lipinski definition) is 3. The van der Waals surface area contributed by atoms with Crippen molar-refractivity contribution in [3.05, 3.63) is 88.3 Å². The van der Waals surface area contributed by atoms with Gasteiger partial charge in [-0.3, -0.25) is 14.3 Å². The molecular weight excluding hydrogens is 352 g/mol. The number of carbonyl (C=O) groups is 1. The third kappa shape index (κ3) is 3.20. The average Bonchev–Trinajstić information content (AvgIpc) is 2.97. The third-order valence-corrected chi connectivity index (χ3v) is 4.66. The fourth-order valence-electron chi connectivity index (χ4n) is 3.26. The number of nitrogens with zero attached hydrogens (tertiary/aromatic N) is 3. The van der Waals surface area contributed by atoms with Crippen LogP contribution < -0.4 is 10.9 Å². The zero-order valence-corrected chi connectivity index (χ0v) is 15.7. The molecular formula is C22H20N4O2. The number of fused-ring (bicyclic) bond motifs is 1. The molecule has 2 aromatic carbocycles. The molecule has 0 bridgehead atoms. The smallest absolute Gasteiger partial charge is 0.280 e. The summed E-state index contributed by atoms with van der Waals surface area (Å²) < 4.78 is 3.12. The predicted molar refractivity (Wildman–Crippen MR) is 110 cm³/mol. The van der Waals surface area contributed by atoms with Gasteiger partial charge in [0, 0.05) is 11.9 Å². The van der Waals surface area contributed by atoms with Gasteiger partial charge in [-0.25, -0.2) is 9.67 Å². The van der Waals surface area contributed by atoms with Gasteiger partial charge in [0.05, 0.1) is 11.1 Å². The molecule has 0 aliphatic carbocycles. The SMILES string of the molecule is Cc1ccc(C)c(NC(=O)Cn2c3ncccc3c(=O)n2-c2ccccc2)c1. The van der Waals surface area contributed by atoms with Gasteiger partial charge in [-0.2, -0.15) is 0 Å². The molecule has 0 spiro atoms. The van der Waals surface area contributed by atoms with Crippen LogP contribution in [0, 0.1) is 13.8 Å². The molecule has 140 valence electrons. The molecule has 0 unspecified atom stereocenters. The maximum absolute atomic E-state index is 13.0. The number of anilines is 1. The minimum atomic E-state index is -0.221. The van der Waals surface area contributed by atoms with Gasteiger partial charge in [0.2, 0.25) is 5.91 Å². The number of carbonyl (C=O) groups excluding carboxylic acids is 1. The number of pyridine rings is 1. The molecule has 2 heterocycles. The highest BCUT2D eigenvalue weighted by atomic mass is 16.2. The van der Waals surface area contributed by atoms with Crippen molar-refractivity contribution in [3.8, 4) is 5.69 Å². The molecule has 6 heteroatoms. The summed E-state index contributed by atoms with van der Waals surface area (Å²) in [4.78, 5) is 30.1. The summed E-state index contributed by atoms with van der Waals surface area (Å²) in [6.07, 6.45) is 1.62. The first-order valence-corrected chi connectivity index (χ1v) is 9.03. The van der Waals surface area contributed by atoms with E-state index in [1.165, 1.54) is 4.68 Å². The van der Waals surface area contributed by atoms with Crippen molar-refractivity contribution in [1.82, 2.24) is 14.3 Å². The minimum Gasteiger partial charge on any atom is -0.324 e. The summed E-state index contributed by atoms with van der Waals surface area (Å²) in [6, 6.07) is 18.6. The number of benzene rings is 2. The van der Waals surface area contributed by atoms with Gasteiger partial charge in [-0.1, -0.05) is 30.3 Å². The molecule has 0 saturated carbocycles. The van der Waals surface area contributed by atoms with Gasteiger partial charge in [0.1, 0.15) is 6.54 Å². The number of rotatable bonds is 4. The van der Waals surface area contributed by atoms with Gasteiger partial charge in [0.15, 0.2) is 5.65 Å². The fourth-order valence-corrected chi connectivity index (χ4v) is 3.26. The van der Waals surface area contributed by atoms with Crippen molar-refractivity contribution in [2.24, 2.45) is 0 Å². The Bertz CT molecular complexity index is 1220. The molecule has 4 aromatic rings. The summed E-state index contributed by atoms with van der Waals surface area (Å²) in [5, 5.41) is 3.43. The van der Waals surface area contributed by atoms with E-state index in [-0.39, 0.29) is 18.0 Å². The largest absolute Gasteiger partial charge is 0.324 e. The molecule has 0 saturated heterocycles.